The van der Waals surface area contributed by atoms with Crippen LogP contribution in [-0.4, -0.2) is 38.2 Å². The Balaban J connectivity index is 1.62. The van der Waals surface area contributed by atoms with Gasteiger partial charge in [-0.1, -0.05) is 62.2 Å². The molecular weight excluding hydrogens is 595 g/mol. The fraction of sp³-hybridized carbons (Fsp3) is 0.323. The van der Waals surface area contributed by atoms with Crippen LogP contribution in [-0.2, 0) is 17.3 Å². The fourth-order valence-electron chi connectivity index (χ4n) is 5.88. The van der Waals surface area contributed by atoms with Crippen LogP contribution >= 0.6 is 23.2 Å². The molecule has 1 aromatic heterocycles. The molecule has 8 nitrogen and oxygen atoms in total. The molecule has 0 radical (unpaired) electrons. The summed E-state index contributed by atoms with van der Waals surface area (Å²) in [6.07, 6.45) is 0.366. The van der Waals surface area contributed by atoms with Crippen LogP contribution in [0.4, 0.5) is 14.5 Å². The number of carbonyl (C=O) groups excluding carboxylic acids is 1. The number of amides is 1. The molecule has 43 heavy (non-hydrogen) atoms. The summed E-state index contributed by atoms with van der Waals surface area (Å²) in [4.78, 5) is 15.4. The van der Waals surface area contributed by atoms with Gasteiger partial charge in [-0.05, 0) is 65.1 Å². The highest BCUT2D eigenvalue weighted by Crippen LogP contribution is 2.52. The van der Waals surface area contributed by atoms with Crippen molar-refractivity contribution in [3.8, 4) is 17.5 Å². The summed E-state index contributed by atoms with van der Waals surface area (Å²) >= 11 is 12.3. The van der Waals surface area contributed by atoms with E-state index in [2.05, 4.69) is 32.1 Å². The Kier molecular flexibility index (Phi) is 8.27. The number of carbonyl (C=O) groups is 1. The second kappa shape index (κ2) is 11.6. The molecule has 2 N–H and O–H groups in total. The summed E-state index contributed by atoms with van der Waals surface area (Å²) in [5.41, 5.74) is -0.884. The van der Waals surface area contributed by atoms with E-state index >= 15 is 8.78 Å². The Morgan fingerprint density at radius 3 is 2.47 bits per heavy atom. The van der Waals surface area contributed by atoms with Crippen molar-refractivity contribution >= 4 is 34.8 Å². The van der Waals surface area contributed by atoms with Crippen molar-refractivity contribution in [1.82, 2.24) is 25.5 Å². The SMILES string of the molecule is Cn1nnc(-c2ccc(NC(=O)[C@@H]3N[C@@H](CC(C)(C)C)[C@](C#N)(c4ccc(Cl)cc4F)[C@H]3c3cccc(Cl)c3F)cc2)n1. The maximum Gasteiger partial charge on any atom is 0.242 e. The summed E-state index contributed by atoms with van der Waals surface area (Å²) in [6.45, 7) is 5.93. The van der Waals surface area contributed by atoms with Gasteiger partial charge in [0.25, 0.3) is 0 Å². The fourth-order valence-corrected chi connectivity index (χ4v) is 6.22. The monoisotopic (exact) mass is 623 g/mol. The lowest BCUT2D eigenvalue weighted by atomic mass is 9.62. The van der Waals surface area contributed by atoms with E-state index in [1.807, 2.05) is 20.8 Å². The van der Waals surface area contributed by atoms with E-state index in [1.165, 1.54) is 29.1 Å². The number of benzene rings is 3. The zero-order valence-corrected chi connectivity index (χ0v) is 25.4. The highest BCUT2D eigenvalue weighted by molar-refractivity contribution is 6.31. The average Bonchev–Trinajstić information content (AvgIpc) is 3.51. The van der Waals surface area contributed by atoms with Crippen molar-refractivity contribution in [3.63, 3.8) is 0 Å². The highest BCUT2D eigenvalue weighted by Gasteiger charge is 2.61. The van der Waals surface area contributed by atoms with E-state index in [4.69, 9.17) is 23.2 Å². The minimum atomic E-state index is -1.71. The third-order valence-corrected chi connectivity index (χ3v) is 8.18. The van der Waals surface area contributed by atoms with Crippen LogP contribution in [0.15, 0.2) is 60.7 Å². The lowest BCUT2D eigenvalue weighted by Crippen LogP contribution is -2.45. The van der Waals surface area contributed by atoms with Crippen molar-refractivity contribution in [2.24, 2.45) is 12.5 Å². The highest BCUT2D eigenvalue weighted by atomic mass is 35.5. The quantitative estimate of drug-likeness (QED) is 0.256. The third-order valence-electron chi connectivity index (χ3n) is 7.65. The van der Waals surface area contributed by atoms with Crippen LogP contribution in [0.5, 0.6) is 0 Å². The number of nitriles is 1. The molecule has 0 bridgehead atoms. The van der Waals surface area contributed by atoms with Gasteiger partial charge in [-0.25, -0.2) is 8.78 Å². The molecule has 1 fully saturated rings. The summed E-state index contributed by atoms with van der Waals surface area (Å²) in [6, 6.07) is 15.7. The van der Waals surface area contributed by atoms with Crippen molar-refractivity contribution in [2.45, 2.75) is 50.6 Å². The second-order valence-corrected chi connectivity index (χ2v) is 12.7. The van der Waals surface area contributed by atoms with Crippen LogP contribution in [0.25, 0.3) is 11.4 Å². The van der Waals surface area contributed by atoms with Gasteiger partial charge < -0.3 is 10.6 Å². The van der Waals surface area contributed by atoms with Crippen LogP contribution in [0.2, 0.25) is 10.0 Å². The Morgan fingerprint density at radius 2 is 1.86 bits per heavy atom. The number of hydrogen-bond acceptors (Lipinski definition) is 6. The Labute approximate surface area is 258 Å². The molecule has 222 valence electrons. The Morgan fingerprint density at radius 1 is 1.14 bits per heavy atom. The lowest BCUT2D eigenvalue weighted by Gasteiger charge is -2.37. The largest absolute Gasteiger partial charge is 0.325 e. The first kappa shape index (κ1) is 30.5. The smallest absolute Gasteiger partial charge is 0.242 e. The second-order valence-electron chi connectivity index (χ2n) is 11.9. The molecule has 12 heteroatoms. The van der Waals surface area contributed by atoms with Crippen molar-refractivity contribution in [2.75, 3.05) is 5.32 Å². The van der Waals surface area contributed by atoms with Gasteiger partial charge in [0.1, 0.15) is 17.0 Å². The topological polar surface area (TPSA) is 109 Å². The molecule has 1 aliphatic rings. The van der Waals surface area contributed by atoms with Crippen molar-refractivity contribution in [3.05, 3.63) is 93.5 Å². The number of rotatable bonds is 6. The van der Waals surface area contributed by atoms with Crippen LogP contribution in [0.1, 0.15) is 44.2 Å². The first-order valence-corrected chi connectivity index (χ1v) is 14.3. The zero-order chi connectivity index (χ0) is 31.1. The predicted octanol–water partition coefficient (Wildman–Crippen LogP) is 6.42. The first-order chi connectivity index (χ1) is 20.3. The number of halogens is 4. The number of aromatic nitrogens is 4. The van der Waals surface area contributed by atoms with E-state index < -0.39 is 41.0 Å². The van der Waals surface area contributed by atoms with Gasteiger partial charge in [0.15, 0.2) is 0 Å². The minimum absolute atomic E-state index is 0.0154. The molecule has 4 atom stereocenters. The molecule has 0 spiro atoms. The summed E-state index contributed by atoms with van der Waals surface area (Å²) < 4.78 is 31.6. The summed E-state index contributed by atoms with van der Waals surface area (Å²) in [5, 5.41) is 29.1. The van der Waals surface area contributed by atoms with E-state index in [-0.39, 0.29) is 26.6 Å². The molecule has 0 saturated carbocycles. The lowest BCUT2D eigenvalue weighted by molar-refractivity contribution is -0.118. The molecule has 0 unspecified atom stereocenters. The van der Waals surface area contributed by atoms with E-state index in [1.54, 1.807) is 37.4 Å². The maximum absolute atomic E-state index is 15.8. The molecule has 1 saturated heterocycles. The molecule has 1 aliphatic heterocycles. The number of nitrogens with zero attached hydrogens (tertiary/aromatic N) is 5. The Bertz CT molecular complexity index is 1710. The Hall–Kier alpha value is -3.91. The van der Waals surface area contributed by atoms with E-state index in [0.717, 1.165) is 6.07 Å². The van der Waals surface area contributed by atoms with Gasteiger partial charge in [0.05, 0.1) is 24.2 Å². The number of nitrogens with one attached hydrogen (secondary N) is 2. The molecular formula is C31H29Cl2F2N7O. The van der Waals surface area contributed by atoms with E-state index in [9.17, 15) is 10.1 Å². The average molecular weight is 625 g/mol. The number of aryl methyl sites for hydroxylation is 1. The normalized spacial score (nSPS) is 21.9. The zero-order valence-electron chi connectivity index (χ0n) is 23.9. The van der Waals surface area contributed by atoms with Crippen molar-refractivity contribution in [1.29, 1.82) is 5.26 Å². The van der Waals surface area contributed by atoms with Gasteiger partial charge in [-0.15, -0.1) is 10.2 Å². The number of hydrogen-bond donors (Lipinski definition) is 2. The number of tetrazole rings is 1. The van der Waals surface area contributed by atoms with E-state index in [0.29, 0.717) is 23.5 Å². The first-order valence-electron chi connectivity index (χ1n) is 13.6. The van der Waals surface area contributed by atoms with Gasteiger partial charge in [0, 0.05) is 33.8 Å². The van der Waals surface area contributed by atoms with Crippen LogP contribution in [0, 0.1) is 28.4 Å². The summed E-state index contributed by atoms with van der Waals surface area (Å²) in [5.74, 6) is -2.78. The van der Waals surface area contributed by atoms with Gasteiger partial charge in [-0.2, -0.15) is 10.1 Å². The minimum Gasteiger partial charge on any atom is -0.325 e. The standard InChI is InChI=1S/C31H29Cl2F2N7O/c1-30(2,3)15-24-31(16-36,21-13-10-18(32)14-23(21)34)25(20-6-5-7-22(33)26(20)35)27(38-24)29(43)37-19-11-8-17(9-12-19)28-39-41-42(4)40-28/h5-14,24-25,27,38H,15H2,1-4H3,(H,37,43)/t24-,25-,27+,31-/m0/s1. The molecule has 5 rings (SSSR count). The van der Waals surface area contributed by atoms with Crippen LogP contribution < -0.4 is 10.6 Å². The van der Waals surface area contributed by atoms with Gasteiger partial charge >= 0.3 is 0 Å². The maximum atomic E-state index is 15.8. The molecule has 4 aromatic rings. The third kappa shape index (κ3) is 5.85. The molecule has 3 aromatic carbocycles. The molecule has 1 amide bonds. The molecule has 2 heterocycles. The number of anilines is 1. The van der Waals surface area contributed by atoms with Gasteiger partial charge in [0.2, 0.25) is 11.7 Å². The van der Waals surface area contributed by atoms with Crippen molar-refractivity contribution < 1.29 is 13.6 Å². The summed E-state index contributed by atoms with van der Waals surface area (Å²) in [7, 11) is 1.66. The van der Waals surface area contributed by atoms with Gasteiger partial charge in [-0.3, -0.25) is 4.79 Å². The molecule has 0 aliphatic carbocycles. The predicted molar refractivity (Wildman–Crippen MR) is 160 cm³/mol. The van der Waals surface area contributed by atoms with Crippen LogP contribution in [0.3, 0.4) is 0 Å².